The first kappa shape index (κ1) is 26.2. The van der Waals surface area contributed by atoms with Crippen LogP contribution >= 0.6 is 0 Å². The predicted octanol–water partition coefficient (Wildman–Crippen LogP) is 5.17. The molecule has 0 amide bonds. The molecule has 6 nitrogen and oxygen atoms in total. The van der Waals surface area contributed by atoms with Gasteiger partial charge in [-0.1, -0.05) is 32.1 Å². The summed E-state index contributed by atoms with van der Waals surface area (Å²) < 4.78 is 5.45. The van der Waals surface area contributed by atoms with Crippen molar-refractivity contribution in [1.29, 1.82) is 0 Å². The molecule has 1 saturated carbocycles. The molecule has 2 aliphatic rings. The molecule has 2 heterocycles. The Kier molecular flexibility index (Phi) is 8.90. The van der Waals surface area contributed by atoms with Crippen molar-refractivity contribution in [2.45, 2.75) is 70.3 Å². The Hall–Kier alpha value is -1.89. The topological polar surface area (TPSA) is 69.1 Å². The molecule has 2 N–H and O–H groups in total. The van der Waals surface area contributed by atoms with E-state index in [9.17, 15) is 10.2 Å². The highest BCUT2D eigenvalue weighted by Crippen LogP contribution is 2.41. The first-order valence-electron chi connectivity index (χ1n) is 13.6. The number of aliphatic hydroxyl groups is 2. The van der Waals surface area contributed by atoms with E-state index in [2.05, 4.69) is 9.88 Å². The smallest absolute Gasteiger partial charge is 0.119 e. The van der Waals surface area contributed by atoms with Gasteiger partial charge in [-0.3, -0.25) is 4.98 Å². The van der Waals surface area contributed by atoms with Gasteiger partial charge in [0.15, 0.2) is 0 Å². The highest BCUT2D eigenvalue weighted by molar-refractivity contribution is 5.88. The minimum absolute atomic E-state index is 0.0961. The van der Waals surface area contributed by atoms with Crippen molar-refractivity contribution in [3.63, 3.8) is 0 Å². The highest BCUT2D eigenvalue weighted by atomic mass is 16.5. The van der Waals surface area contributed by atoms with Crippen molar-refractivity contribution in [2.24, 2.45) is 11.3 Å². The summed E-state index contributed by atoms with van der Waals surface area (Å²) in [6.45, 7) is 3.51. The molecule has 1 aliphatic carbocycles. The predicted molar refractivity (Wildman–Crippen MR) is 143 cm³/mol. The van der Waals surface area contributed by atoms with Crippen molar-refractivity contribution in [3.05, 3.63) is 30.0 Å². The Morgan fingerprint density at radius 3 is 2.57 bits per heavy atom. The zero-order chi connectivity index (χ0) is 24.8. The number of methoxy groups -OCH3 is 1. The van der Waals surface area contributed by atoms with Gasteiger partial charge in [0.05, 0.1) is 30.6 Å². The summed E-state index contributed by atoms with van der Waals surface area (Å²) in [5, 5.41) is 22.8. The SMILES string of the molecule is COc1ccc2ncc(N(C)C)c([C@@H](O)CCC3(CO)CCN(CCC4CCCCC4)CC3)c2c1. The average Bonchev–Trinajstić information content (AvgIpc) is 2.90. The normalized spacial score (nSPS) is 20.1. The van der Waals surface area contributed by atoms with Crippen LogP contribution < -0.4 is 9.64 Å². The number of nitrogens with zero attached hydrogens (tertiary/aromatic N) is 3. The standard InChI is InChI=1S/C29H45N3O3/c1-31(2)26-20-30-25-10-9-23(35-3)19-24(25)28(26)27(34)11-13-29(21-33)14-17-32(18-15-29)16-12-22-7-5-4-6-8-22/h9-10,19-20,22,27,33-34H,4-8,11-18,21H2,1-3H3/t27-/m0/s1. The van der Waals surface area contributed by atoms with Crippen LogP contribution in [0.3, 0.4) is 0 Å². The minimum atomic E-state index is -0.627. The molecule has 1 saturated heterocycles. The fraction of sp³-hybridized carbons (Fsp3) is 0.690. The van der Waals surface area contributed by atoms with Gasteiger partial charge in [0.2, 0.25) is 0 Å². The number of piperidine rings is 1. The Morgan fingerprint density at radius 2 is 1.91 bits per heavy atom. The number of rotatable bonds is 10. The van der Waals surface area contributed by atoms with Crippen molar-refractivity contribution in [2.75, 3.05) is 52.3 Å². The van der Waals surface area contributed by atoms with Gasteiger partial charge in [-0.25, -0.2) is 0 Å². The van der Waals surface area contributed by atoms with Crippen molar-refractivity contribution < 1.29 is 14.9 Å². The Bertz CT molecular complexity index is 950. The Morgan fingerprint density at radius 1 is 1.17 bits per heavy atom. The van der Waals surface area contributed by atoms with Gasteiger partial charge in [0.25, 0.3) is 0 Å². The second-order valence-corrected chi connectivity index (χ2v) is 11.2. The zero-order valence-corrected chi connectivity index (χ0v) is 22.0. The summed E-state index contributed by atoms with van der Waals surface area (Å²) in [6.07, 6.45) is 13.1. The van der Waals surface area contributed by atoms with Crippen LogP contribution in [0.2, 0.25) is 0 Å². The summed E-state index contributed by atoms with van der Waals surface area (Å²) in [4.78, 5) is 9.22. The quantitative estimate of drug-likeness (QED) is 0.486. The third-order valence-electron chi connectivity index (χ3n) is 8.69. The minimum Gasteiger partial charge on any atom is -0.497 e. The number of pyridine rings is 1. The monoisotopic (exact) mass is 483 g/mol. The number of aromatic nitrogens is 1. The Balaban J connectivity index is 1.40. The van der Waals surface area contributed by atoms with Crippen LogP contribution in [0.15, 0.2) is 24.4 Å². The number of benzene rings is 1. The maximum Gasteiger partial charge on any atom is 0.119 e. The lowest BCUT2D eigenvalue weighted by molar-refractivity contribution is 0.0219. The molecule has 1 aromatic carbocycles. The van der Waals surface area contributed by atoms with E-state index in [0.717, 1.165) is 66.2 Å². The molecular formula is C29H45N3O3. The largest absolute Gasteiger partial charge is 0.497 e. The van der Waals surface area contributed by atoms with E-state index in [-0.39, 0.29) is 12.0 Å². The molecule has 1 atom stereocenters. The van der Waals surface area contributed by atoms with E-state index >= 15 is 0 Å². The summed E-state index contributed by atoms with van der Waals surface area (Å²) >= 11 is 0. The summed E-state index contributed by atoms with van der Waals surface area (Å²) in [6, 6.07) is 5.83. The molecule has 35 heavy (non-hydrogen) atoms. The van der Waals surface area contributed by atoms with Crippen LogP contribution in [0.4, 0.5) is 5.69 Å². The van der Waals surface area contributed by atoms with E-state index in [1.54, 1.807) is 7.11 Å². The Labute approximate surface area is 211 Å². The first-order chi connectivity index (χ1) is 16.9. The lowest BCUT2D eigenvalue weighted by atomic mass is 9.74. The molecule has 2 fully saturated rings. The molecule has 6 heteroatoms. The van der Waals surface area contributed by atoms with Crippen LogP contribution in [0, 0.1) is 11.3 Å². The van der Waals surface area contributed by atoms with Gasteiger partial charge in [-0.05, 0) is 81.3 Å². The summed E-state index contributed by atoms with van der Waals surface area (Å²) in [5.74, 6) is 1.68. The average molecular weight is 484 g/mol. The number of likely N-dealkylation sites (tertiary alicyclic amines) is 1. The van der Waals surface area contributed by atoms with Gasteiger partial charge in [-0.15, -0.1) is 0 Å². The molecule has 0 spiro atoms. The number of aliphatic hydroxyl groups excluding tert-OH is 2. The van der Waals surface area contributed by atoms with E-state index in [0.29, 0.717) is 6.42 Å². The fourth-order valence-electron chi connectivity index (χ4n) is 6.18. The number of fused-ring (bicyclic) bond motifs is 1. The third-order valence-corrected chi connectivity index (χ3v) is 8.69. The molecule has 0 unspecified atom stereocenters. The first-order valence-corrected chi connectivity index (χ1v) is 13.6. The van der Waals surface area contributed by atoms with E-state index in [1.807, 2.05) is 43.4 Å². The van der Waals surface area contributed by atoms with Gasteiger partial charge in [0, 0.05) is 31.7 Å². The zero-order valence-electron chi connectivity index (χ0n) is 22.0. The summed E-state index contributed by atoms with van der Waals surface area (Å²) in [7, 11) is 5.63. The highest BCUT2D eigenvalue weighted by Gasteiger charge is 2.35. The second kappa shape index (κ2) is 11.9. The van der Waals surface area contributed by atoms with Crippen LogP contribution in [0.1, 0.15) is 75.9 Å². The van der Waals surface area contributed by atoms with Crippen LogP contribution in [0.5, 0.6) is 5.75 Å². The molecule has 0 bridgehead atoms. The van der Waals surface area contributed by atoms with E-state index in [4.69, 9.17) is 4.74 Å². The molecule has 2 aromatic rings. The molecule has 1 aromatic heterocycles. The fourth-order valence-corrected chi connectivity index (χ4v) is 6.18. The van der Waals surface area contributed by atoms with E-state index < -0.39 is 6.10 Å². The molecule has 4 rings (SSSR count). The maximum atomic E-state index is 11.4. The molecule has 0 radical (unpaired) electrons. The van der Waals surface area contributed by atoms with Gasteiger partial charge < -0.3 is 24.7 Å². The van der Waals surface area contributed by atoms with Crippen molar-refractivity contribution >= 4 is 16.6 Å². The van der Waals surface area contributed by atoms with Gasteiger partial charge in [0.1, 0.15) is 5.75 Å². The van der Waals surface area contributed by atoms with E-state index in [1.165, 1.54) is 45.1 Å². The lowest BCUT2D eigenvalue weighted by Crippen LogP contribution is -2.42. The molecular weight excluding hydrogens is 438 g/mol. The molecule has 1 aliphatic heterocycles. The third kappa shape index (κ3) is 6.28. The van der Waals surface area contributed by atoms with Gasteiger partial charge in [-0.2, -0.15) is 0 Å². The van der Waals surface area contributed by atoms with Crippen LogP contribution in [-0.2, 0) is 0 Å². The molecule has 194 valence electrons. The number of hydrogen-bond donors (Lipinski definition) is 2. The lowest BCUT2D eigenvalue weighted by Gasteiger charge is -2.42. The van der Waals surface area contributed by atoms with Crippen molar-refractivity contribution in [3.8, 4) is 5.75 Å². The van der Waals surface area contributed by atoms with Crippen LogP contribution in [-0.4, -0.2) is 67.5 Å². The number of anilines is 1. The number of ether oxygens (including phenoxy) is 1. The second-order valence-electron chi connectivity index (χ2n) is 11.2. The summed E-state index contributed by atoms with van der Waals surface area (Å²) in [5.41, 5.74) is 2.58. The number of hydrogen-bond acceptors (Lipinski definition) is 6. The van der Waals surface area contributed by atoms with Crippen LogP contribution in [0.25, 0.3) is 10.9 Å². The van der Waals surface area contributed by atoms with Crippen molar-refractivity contribution in [1.82, 2.24) is 9.88 Å². The van der Waals surface area contributed by atoms with Gasteiger partial charge >= 0.3 is 0 Å². The maximum absolute atomic E-state index is 11.4.